The maximum atomic E-state index is 6.22. The van der Waals surface area contributed by atoms with Crippen LogP contribution in [0, 0.1) is 17.3 Å². The van der Waals surface area contributed by atoms with Gasteiger partial charge in [0.1, 0.15) is 0 Å². The highest BCUT2D eigenvalue weighted by Gasteiger charge is 2.52. The summed E-state index contributed by atoms with van der Waals surface area (Å²) in [5.41, 5.74) is 8.10. The highest BCUT2D eigenvalue weighted by Crippen LogP contribution is 2.59. The average Bonchev–Trinajstić information content (AvgIpc) is 2.46. The highest BCUT2D eigenvalue weighted by molar-refractivity contribution is 7.80. The van der Waals surface area contributed by atoms with Crippen LogP contribution in [0.1, 0.15) is 57.9 Å². The minimum Gasteiger partial charge on any atom is -0.393 e. The maximum absolute atomic E-state index is 6.22. The van der Waals surface area contributed by atoms with Crippen molar-refractivity contribution < 1.29 is 0 Å². The minimum absolute atomic E-state index is 0.0776. The Hall–Kier alpha value is -0.890. The largest absolute Gasteiger partial charge is 0.393 e. The molecule has 0 spiro atoms. The number of benzene rings is 1. The van der Waals surface area contributed by atoms with Gasteiger partial charge in [-0.05, 0) is 61.3 Å². The van der Waals surface area contributed by atoms with E-state index in [2.05, 4.69) is 44.2 Å². The van der Waals surface area contributed by atoms with Crippen molar-refractivity contribution in [2.24, 2.45) is 23.0 Å². The van der Waals surface area contributed by atoms with Gasteiger partial charge < -0.3 is 5.73 Å². The fourth-order valence-corrected chi connectivity index (χ4v) is 5.67. The fraction of sp³-hybridized carbons (Fsp3) is 0.632. The molecule has 2 heteroatoms. The zero-order valence-corrected chi connectivity index (χ0v) is 14.1. The van der Waals surface area contributed by atoms with Gasteiger partial charge in [-0.3, -0.25) is 0 Å². The Balaban J connectivity index is 2.05. The number of rotatable bonds is 3. The molecule has 4 atom stereocenters. The van der Waals surface area contributed by atoms with E-state index in [4.69, 9.17) is 18.0 Å². The summed E-state index contributed by atoms with van der Waals surface area (Å²) >= 11 is 5.51. The van der Waals surface area contributed by atoms with E-state index in [0.29, 0.717) is 5.41 Å². The first kappa shape index (κ1) is 15.0. The second-order valence-corrected chi connectivity index (χ2v) is 8.08. The molecule has 21 heavy (non-hydrogen) atoms. The summed E-state index contributed by atoms with van der Waals surface area (Å²) in [4.78, 5) is 0.754. The highest BCUT2D eigenvalue weighted by atomic mass is 32.1. The summed E-state index contributed by atoms with van der Waals surface area (Å²) in [5.74, 6) is 1.59. The molecule has 0 amide bonds. The van der Waals surface area contributed by atoms with Gasteiger partial charge in [0.25, 0.3) is 0 Å². The van der Waals surface area contributed by atoms with Crippen LogP contribution in [0.25, 0.3) is 0 Å². The molecule has 1 aromatic rings. The van der Waals surface area contributed by atoms with Crippen LogP contribution in [0.4, 0.5) is 0 Å². The quantitative estimate of drug-likeness (QED) is 0.809. The lowest BCUT2D eigenvalue weighted by Crippen LogP contribution is -2.51. The van der Waals surface area contributed by atoms with Crippen molar-refractivity contribution >= 4 is 17.2 Å². The molecule has 114 valence electrons. The number of thiocarbonyl (C=S) groups is 1. The smallest absolute Gasteiger partial charge is 0.0790 e. The number of fused-ring (bicyclic) bond motifs is 2. The summed E-state index contributed by atoms with van der Waals surface area (Å²) in [6.07, 6.45) is 7.40. The van der Waals surface area contributed by atoms with E-state index < -0.39 is 0 Å². The predicted octanol–water partition coefficient (Wildman–Crippen LogP) is 4.84. The first-order chi connectivity index (χ1) is 10.00. The first-order valence-corrected chi connectivity index (χ1v) is 8.76. The molecule has 0 aliphatic heterocycles. The molecule has 3 rings (SSSR count). The fourth-order valence-electron chi connectivity index (χ4n) is 5.37. The van der Waals surface area contributed by atoms with Gasteiger partial charge in [-0.1, -0.05) is 56.4 Å². The SMILES string of the molecule is CCC1(C(N)=S)CC2CC(C)CC(c3ccccc3)(C2)C1. The Morgan fingerprint density at radius 1 is 1.24 bits per heavy atom. The van der Waals surface area contributed by atoms with Crippen molar-refractivity contribution in [3.63, 3.8) is 0 Å². The Kier molecular flexibility index (Phi) is 3.85. The molecule has 0 radical (unpaired) electrons. The lowest BCUT2D eigenvalue weighted by molar-refractivity contribution is 0.0447. The van der Waals surface area contributed by atoms with E-state index in [1.54, 1.807) is 0 Å². The molecule has 2 fully saturated rings. The molecule has 0 saturated heterocycles. The predicted molar refractivity (Wildman–Crippen MR) is 93.4 cm³/mol. The number of hydrogen-bond acceptors (Lipinski definition) is 1. The number of hydrogen-bond donors (Lipinski definition) is 1. The summed E-state index contributed by atoms with van der Waals surface area (Å²) in [5, 5.41) is 0. The third kappa shape index (κ3) is 2.52. The lowest BCUT2D eigenvalue weighted by Gasteiger charge is -2.55. The van der Waals surface area contributed by atoms with Crippen molar-refractivity contribution in [1.82, 2.24) is 0 Å². The lowest BCUT2D eigenvalue weighted by atomic mass is 9.49. The van der Waals surface area contributed by atoms with Crippen molar-refractivity contribution in [3.8, 4) is 0 Å². The van der Waals surface area contributed by atoms with Crippen LogP contribution in [-0.4, -0.2) is 4.99 Å². The Bertz CT molecular complexity index is 522. The van der Waals surface area contributed by atoms with E-state index in [0.717, 1.165) is 29.7 Å². The van der Waals surface area contributed by atoms with E-state index in [9.17, 15) is 0 Å². The molecular formula is C19H27NS. The van der Waals surface area contributed by atoms with E-state index in [-0.39, 0.29) is 5.41 Å². The minimum atomic E-state index is 0.0776. The molecule has 0 heterocycles. The van der Waals surface area contributed by atoms with Crippen LogP contribution >= 0.6 is 12.2 Å². The third-order valence-electron chi connectivity index (χ3n) is 6.10. The molecule has 1 nitrogen and oxygen atoms in total. The Morgan fingerprint density at radius 3 is 2.57 bits per heavy atom. The third-order valence-corrected chi connectivity index (χ3v) is 6.53. The van der Waals surface area contributed by atoms with Crippen molar-refractivity contribution in [1.29, 1.82) is 0 Å². The normalized spacial score (nSPS) is 39.0. The van der Waals surface area contributed by atoms with Crippen LogP contribution in [0.2, 0.25) is 0 Å². The summed E-state index contributed by atoms with van der Waals surface area (Å²) in [7, 11) is 0. The standard InChI is InChI=1S/C19H27NS/c1-3-18(17(20)21)11-15-9-14(2)10-19(12-15,13-18)16-7-5-4-6-8-16/h4-8,14-15H,3,9-13H2,1-2H3,(H2,20,21). The molecule has 2 aliphatic rings. The van der Waals surface area contributed by atoms with Crippen molar-refractivity contribution in [2.75, 3.05) is 0 Å². The summed E-state index contributed by atoms with van der Waals surface area (Å²) in [6, 6.07) is 11.1. The monoisotopic (exact) mass is 301 g/mol. The van der Waals surface area contributed by atoms with Gasteiger partial charge in [0.2, 0.25) is 0 Å². The zero-order chi connectivity index (χ0) is 15.1. The van der Waals surface area contributed by atoms with Crippen LogP contribution in [0.5, 0.6) is 0 Å². The molecule has 0 aromatic heterocycles. The maximum Gasteiger partial charge on any atom is 0.0790 e. The van der Waals surface area contributed by atoms with E-state index in [1.165, 1.54) is 31.2 Å². The van der Waals surface area contributed by atoms with E-state index in [1.807, 2.05) is 0 Å². The van der Waals surface area contributed by atoms with Crippen LogP contribution in [0.15, 0.2) is 30.3 Å². The molecular weight excluding hydrogens is 274 g/mol. The molecule has 2 bridgehead atoms. The zero-order valence-electron chi connectivity index (χ0n) is 13.3. The van der Waals surface area contributed by atoms with Gasteiger partial charge in [-0.2, -0.15) is 0 Å². The van der Waals surface area contributed by atoms with Gasteiger partial charge in [0.05, 0.1) is 4.99 Å². The van der Waals surface area contributed by atoms with Crippen LogP contribution in [-0.2, 0) is 5.41 Å². The Labute approximate surface area is 134 Å². The number of nitrogens with two attached hydrogens (primary N) is 1. The van der Waals surface area contributed by atoms with Crippen LogP contribution < -0.4 is 5.73 Å². The topological polar surface area (TPSA) is 26.0 Å². The molecule has 4 unspecified atom stereocenters. The molecule has 2 N–H and O–H groups in total. The summed E-state index contributed by atoms with van der Waals surface area (Å²) < 4.78 is 0. The summed E-state index contributed by atoms with van der Waals surface area (Å²) in [6.45, 7) is 4.69. The first-order valence-electron chi connectivity index (χ1n) is 8.35. The molecule has 2 aliphatic carbocycles. The van der Waals surface area contributed by atoms with Gasteiger partial charge in [-0.25, -0.2) is 0 Å². The molecule has 2 saturated carbocycles. The van der Waals surface area contributed by atoms with Gasteiger partial charge in [0, 0.05) is 5.41 Å². The van der Waals surface area contributed by atoms with Crippen LogP contribution in [0.3, 0.4) is 0 Å². The van der Waals surface area contributed by atoms with Crippen molar-refractivity contribution in [2.45, 2.75) is 57.8 Å². The van der Waals surface area contributed by atoms with Gasteiger partial charge >= 0.3 is 0 Å². The average molecular weight is 301 g/mol. The van der Waals surface area contributed by atoms with Gasteiger partial charge in [0.15, 0.2) is 0 Å². The van der Waals surface area contributed by atoms with Gasteiger partial charge in [-0.15, -0.1) is 0 Å². The Morgan fingerprint density at radius 2 is 1.95 bits per heavy atom. The second-order valence-electron chi connectivity index (χ2n) is 7.64. The second kappa shape index (κ2) is 5.39. The molecule has 1 aromatic carbocycles. The van der Waals surface area contributed by atoms with Crippen molar-refractivity contribution in [3.05, 3.63) is 35.9 Å². The van der Waals surface area contributed by atoms with E-state index >= 15 is 0 Å².